The summed E-state index contributed by atoms with van der Waals surface area (Å²) in [5.74, 6) is 1.30. The SMILES string of the molecule is Cc1noc(-c2ccc(-c3ccccc3)cc2)c1NCCC(C)c1ccccc1. The quantitative estimate of drug-likeness (QED) is 0.377. The maximum absolute atomic E-state index is 5.66. The summed E-state index contributed by atoms with van der Waals surface area (Å²) < 4.78 is 5.66. The lowest BCUT2D eigenvalue weighted by Gasteiger charge is -2.13. The fourth-order valence-corrected chi connectivity index (χ4v) is 3.58. The third kappa shape index (κ3) is 4.40. The van der Waals surface area contributed by atoms with Crippen molar-refractivity contribution in [1.29, 1.82) is 0 Å². The average Bonchev–Trinajstić information content (AvgIpc) is 3.15. The first-order valence-electron chi connectivity index (χ1n) is 10.1. The molecule has 0 saturated heterocycles. The lowest BCUT2D eigenvalue weighted by Crippen LogP contribution is -2.07. The van der Waals surface area contributed by atoms with Crippen LogP contribution < -0.4 is 5.32 Å². The predicted octanol–water partition coefficient (Wildman–Crippen LogP) is 6.92. The number of hydrogen-bond donors (Lipinski definition) is 1. The second-order valence-electron chi connectivity index (χ2n) is 7.44. The van der Waals surface area contributed by atoms with Crippen LogP contribution in [0, 0.1) is 6.92 Å². The van der Waals surface area contributed by atoms with Crippen molar-refractivity contribution in [3.05, 3.63) is 96.2 Å². The predicted molar refractivity (Wildman–Crippen MR) is 120 cm³/mol. The summed E-state index contributed by atoms with van der Waals surface area (Å²) >= 11 is 0. The topological polar surface area (TPSA) is 38.1 Å². The van der Waals surface area contributed by atoms with Crippen LogP contribution in [0.3, 0.4) is 0 Å². The van der Waals surface area contributed by atoms with Crippen LogP contribution >= 0.6 is 0 Å². The lowest BCUT2D eigenvalue weighted by molar-refractivity contribution is 0.427. The molecule has 0 bridgehead atoms. The zero-order chi connectivity index (χ0) is 20.1. The van der Waals surface area contributed by atoms with Gasteiger partial charge in [-0.1, -0.05) is 97.0 Å². The van der Waals surface area contributed by atoms with E-state index in [1.54, 1.807) is 0 Å². The van der Waals surface area contributed by atoms with Crippen molar-refractivity contribution >= 4 is 5.69 Å². The van der Waals surface area contributed by atoms with Gasteiger partial charge in [-0.2, -0.15) is 0 Å². The summed E-state index contributed by atoms with van der Waals surface area (Å²) in [6, 6.07) is 29.5. The molecule has 0 aliphatic carbocycles. The molecule has 3 aromatic carbocycles. The highest BCUT2D eigenvalue weighted by Gasteiger charge is 2.15. The van der Waals surface area contributed by atoms with E-state index in [2.05, 4.69) is 96.3 Å². The van der Waals surface area contributed by atoms with Crippen LogP contribution in [0.5, 0.6) is 0 Å². The standard InChI is InChI=1S/C26H26N2O/c1-19(21-9-5-3-6-10-21)17-18-27-25-20(2)28-29-26(25)24-15-13-23(14-16-24)22-11-7-4-8-12-22/h3-16,19,27H,17-18H2,1-2H3. The van der Waals surface area contributed by atoms with Crippen LogP contribution in [0.4, 0.5) is 5.69 Å². The summed E-state index contributed by atoms with van der Waals surface area (Å²) in [6.07, 6.45) is 1.04. The second kappa shape index (κ2) is 8.78. The average molecular weight is 383 g/mol. The molecular formula is C26H26N2O. The first-order chi connectivity index (χ1) is 14.2. The highest BCUT2D eigenvalue weighted by molar-refractivity contribution is 5.76. The third-order valence-electron chi connectivity index (χ3n) is 5.36. The van der Waals surface area contributed by atoms with Gasteiger partial charge in [0.05, 0.1) is 0 Å². The van der Waals surface area contributed by atoms with Crippen molar-refractivity contribution in [2.75, 3.05) is 11.9 Å². The fraction of sp³-hybridized carbons (Fsp3) is 0.192. The Morgan fingerprint density at radius 1 is 0.793 bits per heavy atom. The number of nitrogens with one attached hydrogen (secondary N) is 1. The van der Waals surface area contributed by atoms with E-state index in [0.717, 1.165) is 35.7 Å². The molecule has 0 aliphatic heterocycles. The molecule has 146 valence electrons. The van der Waals surface area contributed by atoms with Crippen molar-refractivity contribution in [3.63, 3.8) is 0 Å². The highest BCUT2D eigenvalue weighted by atomic mass is 16.5. The molecule has 0 saturated carbocycles. The Kier molecular flexibility index (Phi) is 5.76. The Hall–Kier alpha value is -3.33. The minimum Gasteiger partial charge on any atom is -0.380 e. The molecule has 1 aromatic heterocycles. The van der Waals surface area contributed by atoms with E-state index in [4.69, 9.17) is 4.52 Å². The summed E-state index contributed by atoms with van der Waals surface area (Å²) in [5, 5.41) is 7.74. The van der Waals surface area contributed by atoms with Crippen LogP contribution in [0.2, 0.25) is 0 Å². The molecule has 1 heterocycles. The molecule has 0 spiro atoms. The van der Waals surface area contributed by atoms with Crippen molar-refractivity contribution in [2.24, 2.45) is 0 Å². The maximum atomic E-state index is 5.66. The molecule has 4 rings (SSSR count). The van der Waals surface area contributed by atoms with Crippen LogP contribution in [-0.2, 0) is 0 Å². The molecule has 29 heavy (non-hydrogen) atoms. The van der Waals surface area contributed by atoms with Gasteiger partial charge in [-0.05, 0) is 36.0 Å². The van der Waals surface area contributed by atoms with E-state index in [1.807, 2.05) is 13.0 Å². The first kappa shape index (κ1) is 19.0. The van der Waals surface area contributed by atoms with Gasteiger partial charge in [0.15, 0.2) is 5.76 Å². The zero-order valence-electron chi connectivity index (χ0n) is 16.9. The van der Waals surface area contributed by atoms with Crippen molar-refractivity contribution in [1.82, 2.24) is 5.16 Å². The number of nitrogens with zero attached hydrogens (tertiary/aromatic N) is 1. The van der Waals surface area contributed by atoms with Crippen molar-refractivity contribution in [2.45, 2.75) is 26.2 Å². The number of hydrogen-bond acceptors (Lipinski definition) is 3. The van der Waals surface area contributed by atoms with Crippen LogP contribution in [-0.4, -0.2) is 11.7 Å². The Bertz CT molecular complexity index is 1040. The fourth-order valence-electron chi connectivity index (χ4n) is 3.58. The number of benzene rings is 3. The summed E-state index contributed by atoms with van der Waals surface area (Å²) in [5.41, 5.74) is 6.67. The Morgan fingerprint density at radius 2 is 1.38 bits per heavy atom. The van der Waals surface area contributed by atoms with Gasteiger partial charge in [0, 0.05) is 12.1 Å². The van der Waals surface area contributed by atoms with Gasteiger partial charge in [-0.3, -0.25) is 0 Å². The lowest BCUT2D eigenvalue weighted by atomic mass is 9.98. The molecule has 4 aromatic rings. The van der Waals surface area contributed by atoms with Gasteiger partial charge in [0.2, 0.25) is 0 Å². The highest BCUT2D eigenvalue weighted by Crippen LogP contribution is 2.32. The molecule has 3 nitrogen and oxygen atoms in total. The van der Waals surface area contributed by atoms with Crippen LogP contribution in [0.25, 0.3) is 22.5 Å². The second-order valence-corrected chi connectivity index (χ2v) is 7.44. The van der Waals surface area contributed by atoms with Gasteiger partial charge in [0.1, 0.15) is 11.4 Å². The van der Waals surface area contributed by atoms with Crippen LogP contribution in [0.15, 0.2) is 89.5 Å². The van der Waals surface area contributed by atoms with E-state index in [1.165, 1.54) is 16.7 Å². The Balaban J connectivity index is 1.46. The number of aryl methyl sites for hydroxylation is 1. The molecule has 0 aliphatic rings. The van der Waals surface area contributed by atoms with Crippen molar-refractivity contribution < 1.29 is 4.52 Å². The molecule has 3 heteroatoms. The van der Waals surface area contributed by atoms with Gasteiger partial charge >= 0.3 is 0 Å². The Labute approximate surface area is 172 Å². The van der Waals surface area contributed by atoms with E-state index in [9.17, 15) is 0 Å². The normalized spacial score (nSPS) is 11.9. The van der Waals surface area contributed by atoms with Crippen LogP contribution in [0.1, 0.15) is 30.5 Å². The Morgan fingerprint density at radius 3 is 2.07 bits per heavy atom. The minimum atomic E-state index is 0.498. The maximum Gasteiger partial charge on any atom is 0.190 e. The van der Waals surface area contributed by atoms with E-state index in [-0.39, 0.29) is 0 Å². The van der Waals surface area contributed by atoms with E-state index >= 15 is 0 Å². The number of anilines is 1. The van der Waals surface area contributed by atoms with Gasteiger partial charge < -0.3 is 9.84 Å². The summed E-state index contributed by atoms with van der Waals surface area (Å²) in [4.78, 5) is 0. The molecule has 1 N–H and O–H groups in total. The monoisotopic (exact) mass is 382 g/mol. The molecular weight excluding hydrogens is 356 g/mol. The van der Waals surface area contributed by atoms with Gasteiger partial charge in [-0.15, -0.1) is 0 Å². The summed E-state index contributed by atoms with van der Waals surface area (Å²) in [7, 11) is 0. The zero-order valence-corrected chi connectivity index (χ0v) is 16.9. The molecule has 0 radical (unpaired) electrons. The molecule has 1 atom stereocenters. The third-order valence-corrected chi connectivity index (χ3v) is 5.36. The molecule has 1 unspecified atom stereocenters. The minimum absolute atomic E-state index is 0.498. The smallest absolute Gasteiger partial charge is 0.190 e. The molecule has 0 amide bonds. The van der Waals surface area contributed by atoms with E-state index in [0.29, 0.717) is 5.92 Å². The first-order valence-corrected chi connectivity index (χ1v) is 10.1. The summed E-state index contributed by atoms with van der Waals surface area (Å²) in [6.45, 7) is 5.11. The number of rotatable bonds is 7. The van der Waals surface area contributed by atoms with Gasteiger partial charge in [0.25, 0.3) is 0 Å². The van der Waals surface area contributed by atoms with Crippen molar-refractivity contribution in [3.8, 4) is 22.5 Å². The molecule has 0 fully saturated rings. The largest absolute Gasteiger partial charge is 0.380 e. The van der Waals surface area contributed by atoms with E-state index < -0.39 is 0 Å². The van der Waals surface area contributed by atoms with Gasteiger partial charge in [-0.25, -0.2) is 0 Å². The number of aromatic nitrogens is 1.